The monoisotopic (exact) mass is 542 g/mol. The number of guanidine groups is 1. The second-order valence-corrected chi connectivity index (χ2v) is 8.55. The summed E-state index contributed by atoms with van der Waals surface area (Å²) < 4.78 is 0. The van der Waals surface area contributed by atoms with Crippen LogP contribution in [-0.2, 0) is 13.1 Å². The van der Waals surface area contributed by atoms with Gasteiger partial charge in [-0.05, 0) is 50.5 Å². The molecule has 2 saturated heterocycles. The molecule has 2 aliphatic heterocycles. The van der Waals surface area contributed by atoms with Crippen molar-refractivity contribution in [3.8, 4) is 0 Å². The van der Waals surface area contributed by atoms with Gasteiger partial charge in [-0.15, -0.1) is 24.0 Å². The third-order valence-electron chi connectivity index (χ3n) is 6.27. The molecule has 176 valence electrons. The van der Waals surface area contributed by atoms with Crippen molar-refractivity contribution in [2.45, 2.75) is 46.2 Å². The lowest BCUT2D eigenvalue weighted by atomic mass is 10.1. The number of aliphatic imine (C=N–C) groups is 1. The molecule has 0 bridgehead atoms. The normalized spacial score (nSPS) is 19.1. The number of piperidine rings is 1. The van der Waals surface area contributed by atoms with E-state index in [-0.39, 0.29) is 24.0 Å². The van der Waals surface area contributed by atoms with Gasteiger partial charge in [0.25, 0.3) is 0 Å². The minimum absolute atomic E-state index is 0. The first kappa shape index (κ1) is 26.4. The third kappa shape index (κ3) is 9.63. The van der Waals surface area contributed by atoms with Crippen LogP contribution in [0.15, 0.2) is 29.3 Å². The number of likely N-dealkylation sites (N-methyl/N-ethyl adjacent to an activating group) is 1. The van der Waals surface area contributed by atoms with Gasteiger partial charge in [-0.2, -0.15) is 0 Å². The van der Waals surface area contributed by atoms with E-state index in [9.17, 15) is 0 Å². The highest BCUT2D eigenvalue weighted by Crippen LogP contribution is 2.14. The van der Waals surface area contributed by atoms with Crippen molar-refractivity contribution >= 4 is 29.9 Å². The highest BCUT2D eigenvalue weighted by molar-refractivity contribution is 14.0. The lowest BCUT2D eigenvalue weighted by Gasteiger charge is -2.34. The number of piperazine rings is 1. The van der Waals surface area contributed by atoms with E-state index in [0.29, 0.717) is 6.54 Å². The fourth-order valence-electron chi connectivity index (χ4n) is 4.30. The zero-order chi connectivity index (χ0) is 21.0. The quantitative estimate of drug-likeness (QED) is 0.286. The minimum Gasteiger partial charge on any atom is -0.357 e. The van der Waals surface area contributed by atoms with Gasteiger partial charge in [0.05, 0.1) is 6.54 Å². The van der Waals surface area contributed by atoms with Crippen LogP contribution in [0.2, 0.25) is 0 Å². The molecule has 0 aliphatic carbocycles. The average Bonchev–Trinajstić information content (AvgIpc) is 2.79. The predicted octanol–water partition coefficient (Wildman–Crippen LogP) is 2.98. The van der Waals surface area contributed by atoms with Crippen LogP contribution in [0.3, 0.4) is 0 Å². The number of hydrogen-bond donors (Lipinski definition) is 2. The van der Waals surface area contributed by atoms with E-state index in [1.807, 2.05) is 0 Å². The average molecular weight is 543 g/mol. The van der Waals surface area contributed by atoms with Crippen molar-refractivity contribution in [1.82, 2.24) is 25.3 Å². The number of rotatable bonds is 9. The molecule has 2 aliphatic rings. The van der Waals surface area contributed by atoms with Crippen LogP contribution in [0.4, 0.5) is 0 Å². The Kier molecular flexibility index (Phi) is 12.8. The molecule has 6 nitrogen and oxygen atoms in total. The molecule has 1 aromatic rings. The smallest absolute Gasteiger partial charge is 0.191 e. The Hall–Kier alpha value is -0.900. The van der Waals surface area contributed by atoms with Crippen molar-refractivity contribution in [2.75, 3.05) is 65.4 Å². The van der Waals surface area contributed by atoms with Crippen LogP contribution in [-0.4, -0.2) is 86.1 Å². The number of halogens is 1. The summed E-state index contributed by atoms with van der Waals surface area (Å²) >= 11 is 0. The topological polar surface area (TPSA) is 46.1 Å². The van der Waals surface area contributed by atoms with E-state index in [1.54, 1.807) is 0 Å². The summed E-state index contributed by atoms with van der Waals surface area (Å²) in [4.78, 5) is 12.4. The molecule has 0 saturated carbocycles. The maximum absolute atomic E-state index is 4.79. The fraction of sp³-hybridized carbons (Fsp3) is 0.708. The number of benzene rings is 1. The molecule has 0 aromatic heterocycles. The summed E-state index contributed by atoms with van der Waals surface area (Å²) in [7, 11) is 0. The van der Waals surface area contributed by atoms with Crippen LogP contribution in [0.25, 0.3) is 0 Å². The molecule has 0 unspecified atom stereocenters. The van der Waals surface area contributed by atoms with Crippen molar-refractivity contribution < 1.29 is 0 Å². The summed E-state index contributed by atoms with van der Waals surface area (Å²) in [6, 6.07) is 9.02. The van der Waals surface area contributed by atoms with Gasteiger partial charge in [0, 0.05) is 52.4 Å². The van der Waals surface area contributed by atoms with Crippen LogP contribution in [0.5, 0.6) is 0 Å². The molecule has 31 heavy (non-hydrogen) atoms. The molecule has 7 heteroatoms. The third-order valence-corrected chi connectivity index (χ3v) is 6.27. The zero-order valence-electron chi connectivity index (χ0n) is 19.6. The lowest BCUT2D eigenvalue weighted by Crippen LogP contribution is -2.49. The van der Waals surface area contributed by atoms with Gasteiger partial charge in [-0.1, -0.05) is 37.6 Å². The molecule has 0 amide bonds. The Bertz CT molecular complexity index is 621. The van der Waals surface area contributed by atoms with Crippen molar-refractivity contribution in [3.63, 3.8) is 0 Å². The van der Waals surface area contributed by atoms with Crippen LogP contribution in [0.1, 0.15) is 44.2 Å². The van der Waals surface area contributed by atoms with Gasteiger partial charge in [0.1, 0.15) is 0 Å². The number of nitrogens with one attached hydrogen (secondary N) is 2. The number of hydrogen-bond acceptors (Lipinski definition) is 4. The van der Waals surface area contributed by atoms with Gasteiger partial charge in [0.2, 0.25) is 0 Å². The molecule has 3 rings (SSSR count). The summed E-state index contributed by atoms with van der Waals surface area (Å²) in [5.41, 5.74) is 2.68. The molecule has 2 fully saturated rings. The van der Waals surface area contributed by atoms with Gasteiger partial charge in [0.15, 0.2) is 5.96 Å². The predicted molar refractivity (Wildman–Crippen MR) is 142 cm³/mol. The van der Waals surface area contributed by atoms with E-state index in [0.717, 1.165) is 32.1 Å². The van der Waals surface area contributed by atoms with Crippen molar-refractivity contribution in [2.24, 2.45) is 4.99 Å². The van der Waals surface area contributed by atoms with Gasteiger partial charge in [-0.3, -0.25) is 9.80 Å². The standard InChI is InChI=1S/C24H42N6.HI/c1-3-25-24(26-12-15-29-18-16-28(4-2)17-19-29)27-20-22-8-10-23(11-9-22)21-30-13-6-5-7-14-30;/h8-11H,3-7,12-21H2,1-2H3,(H2,25,26,27);1H. The van der Waals surface area contributed by atoms with E-state index >= 15 is 0 Å². The molecule has 2 N–H and O–H groups in total. The molecular weight excluding hydrogens is 499 g/mol. The van der Waals surface area contributed by atoms with E-state index < -0.39 is 0 Å². The summed E-state index contributed by atoms with van der Waals surface area (Å²) in [5, 5.41) is 6.88. The van der Waals surface area contributed by atoms with Gasteiger partial charge in [-0.25, -0.2) is 4.99 Å². The SMILES string of the molecule is CCNC(=NCc1ccc(CN2CCCCC2)cc1)NCCN1CCN(CC)CC1.I. The molecule has 2 heterocycles. The van der Waals surface area contributed by atoms with E-state index in [4.69, 9.17) is 4.99 Å². The van der Waals surface area contributed by atoms with E-state index in [2.05, 4.69) is 63.4 Å². The Morgan fingerprint density at radius 1 is 0.806 bits per heavy atom. The van der Waals surface area contributed by atoms with E-state index in [1.165, 1.54) is 76.2 Å². The van der Waals surface area contributed by atoms with Gasteiger partial charge >= 0.3 is 0 Å². The molecule has 0 atom stereocenters. The maximum Gasteiger partial charge on any atom is 0.191 e. The first-order valence-corrected chi connectivity index (χ1v) is 12.0. The Morgan fingerprint density at radius 3 is 2.10 bits per heavy atom. The highest BCUT2D eigenvalue weighted by Gasteiger charge is 2.14. The first-order valence-electron chi connectivity index (χ1n) is 12.0. The second-order valence-electron chi connectivity index (χ2n) is 8.55. The number of nitrogens with zero attached hydrogens (tertiary/aromatic N) is 4. The van der Waals surface area contributed by atoms with Crippen LogP contribution < -0.4 is 10.6 Å². The molecule has 0 radical (unpaired) electrons. The van der Waals surface area contributed by atoms with Crippen LogP contribution in [0, 0.1) is 0 Å². The maximum atomic E-state index is 4.79. The summed E-state index contributed by atoms with van der Waals surface area (Å²) in [6.07, 6.45) is 4.09. The fourth-order valence-corrected chi connectivity index (χ4v) is 4.30. The Labute approximate surface area is 206 Å². The second kappa shape index (κ2) is 15.0. The first-order chi connectivity index (χ1) is 14.8. The van der Waals surface area contributed by atoms with Crippen molar-refractivity contribution in [1.29, 1.82) is 0 Å². The molecular formula is C24H43IN6. The molecule has 0 spiro atoms. The lowest BCUT2D eigenvalue weighted by molar-refractivity contribution is 0.139. The highest BCUT2D eigenvalue weighted by atomic mass is 127. The summed E-state index contributed by atoms with van der Waals surface area (Å²) in [6.45, 7) is 17.5. The summed E-state index contributed by atoms with van der Waals surface area (Å²) in [5.74, 6) is 0.919. The van der Waals surface area contributed by atoms with Gasteiger partial charge < -0.3 is 15.5 Å². The van der Waals surface area contributed by atoms with Crippen molar-refractivity contribution in [3.05, 3.63) is 35.4 Å². The molecule has 1 aromatic carbocycles. The van der Waals surface area contributed by atoms with Crippen LogP contribution >= 0.6 is 24.0 Å². The minimum atomic E-state index is 0. The largest absolute Gasteiger partial charge is 0.357 e. The Balaban J connectivity index is 0.00000341. The number of likely N-dealkylation sites (tertiary alicyclic amines) is 1. The Morgan fingerprint density at radius 2 is 1.45 bits per heavy atom. The zero-order valence-corrected chi connectivity index (χ0v) is 21.9.